The number of rotatable bonds is 0. The molecule has 0 amide bonds. The predicted molar refractivity (Wildman–Crippen MR) is 83.6 cm³/mol. The van der Waals surface area contributed by atoms with Crippen LogP contribution in [-0.2, 0) is 0 Å². The van der Waals surface area contributed by atoms with E-state index >= 15 is 0 Å². The monoisotopic (exact) mass is 290 g/mol. The minimum absolute atomic E-state index is 0.170. The fourth-order valence-electron chi connectivity index (χ4n) is 6.54. The van der Waals surface area contributed by atoms with Crippen molar-refractivity contribution in [2.75, 3.05) is 0 Å². The lowest BCUT2D eigenvalue weighted by Crippen LogP contribution is -2.50. The molecule has 0 aliphatic heterocycles. The highest BCUT2D eigenvalue weighted by atomic mass is 16.3. The molecular formula is C19H30O2. The fraction of sp³-hybridized carbons (Fsp3) is 0.895. The third kappa shape index (κ3) is 1.98. The zero-order chi connectivity index (χ0) is 14.8. The van der Waals surface area contributed by atoms with Crippen molar-refractivity contribution in [1.82, 2.24) is 0 Å². The Balaban J connectivity index is 1.67. The van der Waals surface area contributed by atoms with Gasteiger partial charge in [-0.3, -0.25) is 0 Å². The van der Waals surface area contributed by atoms with Crippen LogP contribution in [0, 0.1) is 35.0 Å². The van der Waals surface area contributed by atoms with Gasteiger partial charge in [0.15, 0.2) is 0 Å². The SMILES string of the molecule is C[C@H]1CCC2C3C(CC[C@@]21C)[C@H]1CC[C@H](O)CC1=C[C@@H]3O. The van der Waals surface area contributed by atoms with Crippen molar-refractivity contribution in [3.63, 3.8) is 0 Å². The van der Waals surface area contributed by atoms with E-state index in [0.717, 1.165) is 25.2 Å². The van der Waals surface area contributed by atoms with Crippen LogP contribution in [0.2, 0.25) is 0 Å². The molecule has 0 aromatic heterocycles. The first kappa shape index (κ1) is 14.3. The Morgan fingerprint density at radius 3 is 2.71 bits per heavy atom. The molecule has 2 heteroatoms. The molecule has 0 radical (unpaired) electrons. The number of aliphatic hydroxyl groups is 2. The maximum atomic E-state index is 10.8. The lowest BCUT2D eigenvalue weighted by Gasteiger charge is -2.54. The molecule has 118 valence electrons. The molecule has 0 aromatic carbocycles. The van der Waals surface area contributed by atoms with E-state index in [1.807, 2.05) is 0 Å². The van der Waals surface area contributed by atoms with Gasteiger partial charge in [0.2, 0.25) is 0 Å². The summed E-state index contributed by atoms with van der Waals surface area (Å²) in [4.78, 5) is 0. The Morgan fingerprint density at radius 2 is 1.90 bits per heavy atom. The minimum atomic E-state index is -0.263. The van der Waals surface area contributed by atoms with Gasteiger partial charge in [0.1, 0.15) is 0 Å². The number of hydrogen-bond donors (Lipinski definition) is 2. The maximum absolute atomic E-state index is 10.8. The van der Waals surface area contributed by atoms with Gasteiger partial charge in [-0.1, -0.05) is 25.5 Å². The second kappa shape index (κ2) is 4.83. The van der Waals surface area contributed by atoms with Gasteiger partial charge in [-0.25, -0.2) is 0 Å². The van der Waals surface area contributed by atoms with Crippen molar-refractivity contribution in [3.8, 4) is 0 Å². The fourth-order valence-corrected chi connectivity index (χ4v) is 6.54. The third-order valence-corrected chi connectivity index (χ3v) is 7.91. The Hall–Kier alpha value is -0.340. The standard InChI is InChI=1S/C19H30O2/c1-11-3-6-16-18-15(7-8-19(11,16)2)14-5-4-13(20)9-12(14)10-17(18)21/h10-11,13-18,20-21H,3-9H2,1-2H3/t11-,13-,14-,15?,16?,17-,18?,19+/m0/s1. The van der Waals surface area contributed by atoms with Gasteiger partial charge in [0.25, 0.3) is 0 Å². The molecule has 21 heavy (non-hydrogen) atoms. The molecule has 2 N–H and O–H groups in total. The molecule has 4 aliphatic rings. The van der Waals surface area contributed by atoms with Crippen LogP contribution in [-0.4, -0.2) is 22.4 Å². The van der Waals surface area contributed by atoms with Gasteiger partial charge in [0.05, 0.1) is 12.2 Å². The predicted octanol–water partition coefficient (Wildman–Crippen LogP) is 3.53. The Labute approximate surface area is 128 Å². The highest BCUT2D eigenvalue weighted by molar-refractivity contribution is 5.22. The molecule has 4 aliphatic carbocycles. The highest BCUT2D eigenvalue weighted by Gasteiger charge is 2.56. The molecule has 0 bridgehead atoms. The van der Waals surface area contributed by atoms with Crippen molar-refractivity contribution in [2.45, 2.75) is 71.0 Å². The van der Waals surface area contributed by atoms with E-state index in [0.29, 0.717) is 29.1 Å². The van der Waals surface area contributed by atoms with E-state index in [-0.39, 0.29) is 12.2 Å². The van der Waals surface area contributed by atoms with Gasteiger partial charge in [-0.2, -0.15) is 0 Å². The number of fused-ring (bicyclic) bond motifs is 5. The van der Waals surface area contributed by atoms with E-state index in [9.17, 15) is 10.2 Å². The van der Waals surface area contributed by atoms with Crippen molar-refractivity contribution < 1.29 is 10.2 Å². The summed E-state index contributed by atoms with van der Waals surface area (Å²) in [6.07, 6.45) is 9.91. The van der Waals surface area contributed by atoms with Crippen LogP contribution < -0.4 is 0 Å². The minimum Gasteiger partial charge on any atom is -0.393 e. The Morgan fingerprint density at radius 1 is 1.10 bits per heavy atom. The second-order valence-electron chi connectivity index (χ2n) is 8.64. The van der Waals surface area contributed by atoms with Gasteiger partial charge in [0, 0.05) is 0 Å². The van der Waals surface area contributed by atoms with Crippen molar-refractivity contribution >= 4 is 0 Å². The first-order chi connectivity index (χ1) is 10.0. The topological polar surface area (TPSA) is 40.5 Å². The molecule has 0 saturated heterocycles. The summed E-state index contributed by atoms with van der Waals surface area (Å²) in [5.74, 6) is 3.34. The lowest BCUT2D eigenvalue weighted by atomic mass is 9.51. The van der Waals surface area contributed by atoms with Crippen LogP contribution in [0.25, 0.3) is 0 Å². The van der Waals surface area contributed by atoms with Gasteiger partial charge >= 0.3 is 0 Å². The summed E-state index contributed by atoms with van der Waals surface area (Å²) in [6.45, 7) is 4.91. The molecule has 0 spiro atoms. The summed E-state index contributed by atoms with van der Waals surface area (Å²) in [5.41, 5.74) is 1.83. The first-order valence-electron chi connectivity index (χ1n) is 9.07. The largest absolute Gasteiger partial charge is 0.393 e. The van der Waals surface area contributed by atoms with E-state index in [1.54, 1.807) is 0 Å². The normalized spacial score (nSPS) is 56.2. The summed E-state index contributed by atoms with van der Waals surface area (Å²) >= 11 is 0. The second-order valence-corrected chi connectivity index (χ2v) is 8.64. The summed E-state index contributed by atoms with van der Waals surface area (Å²) in [7, 11) is 0. The third-order valence-electron chi connectivity index (χ3n) is 7.91. The van der Waals surface area contributed by atoms with Crippen molar-refractivity contribution in [1.29, 1.82) is 0 Å². The van der Waals surface area contributed by atoms with Gasteiger partial charge < -0.3 is 10.2 Å². The smallest absolute Gasteiger partial charge is 0.0757 e. The van der Waals surface area contributed by atoms with E-state index in [2.05, 4.69) is 19.9 Å². The molecule has 3 fully saturated rings. The van der Waals surface area contributed by atoms with Gasteiger partial charge in [-0.15, -0.1) is 0 Å². The Bertz CT molecular complexity index is 456. The quantitative estimate of drug-likeness (QED) is 0.670. The van der Waals surface area contributed by atoms with E-state index < -0.39 is 0 Å². The molecule has 8 atom stereocenters. The molecule has 2 nitrogen and oxygen atoms in total. The van der Waals surface area contributed by atoms with E-state index in [4.69, 9.17) is 0 Å². The zero-order valence-electron chi connectivity index (χ0n) is 13.5. The molecule has 3 unspecified atom stereocenters. The number of hydrogen-bond acceptors (Lipinski definition) is 2. The van der Waals surface area contributed by atoms with E-state index in [1.165, 1.54) is 31.3 Å². The van der Waals surface area contributed by atoms with Gasteiger partial charge in [-0.05, 0) is 80.0 Å². The average Bonchev–Trinajstić information content (AvgIpc) is 2.74. The molecule has 4 rings (SSSR count). The summed E-state index contributed by atoms with van der Waals surface area (Å²) in [5, 5.41) is 20.8. The molecule has 0 aromatic rings. The van der Waals surface area contributed by atoms with Crippen LogP contribution in [0.1, 0.15) is 58.8 Å². The highest BCUT2D eigenvalue weighted by Crippen LogP contribution is 2.63. The van der Waals surface area contributed by atoms with Crippen LogP contribution in [0.4, 0.5) is 0 Å². The lowest BCUT2D eigenvalue weighted by molar-refractivity contribution is -0.0647. The number of aliphatic hydroxyl groups excluding tert-OH is 2. The molecule has 0 heterocycles. The molecule has 3 saturated carbocycles. The first-order valence-corrected chi connectivity index (χ1v) is 9.07. The van der Waals surface area contributed by atoms with Crippen molar-refractivity contribution in [3.05, 3.63) is 11.6 Å². The summed E-state index contributed by atoms with van der Waals surface area (Å²) in [6, 6.07) is 0. The zero-order valence-corrected chi connectivity index (χ0v) is 13.5. The average molecular weight is 290 g/mol. The van der Waals surface area contributed by atoms with Crippen LogP contribution in [0.3, 0.4) is 0 Å². The van der Waals surface area contributed by atoms with Crippen LogP contribution >= 0.6 is 0 Å². The van der Waals surface area contributed by atoms with Crippen molar-refractivity contribution in [2.24, 2.45) is 35.0 Å². The van der Waals surface area contributed by atoms with Crippen LogP contribution in [0.5, 0.6) is 0 Å². The Kier molecular flexibility index (Phi) is 3.28. The van der Waals surface area contributed by atoms with Crippen LogP contribution in [0.15, 0.2) is 11.6 Å². The maximum Gasteiger partial charge on any atom is 0.0757 e. The molecular weight excluding hydrogens is 260 g/mol. The summed E-state index contributed by atoms with van der Waals surface area (Å²) < 4.78 is 0.